The molecule has 4 nitrogen and oxygen atoms in total. The molecule has 2 rings (SSSR count). The van der Waals surface area contributed by atoms with Crippen LogP contribution in [0.3, 0.4) is 0 Å². The van der Waals surface area contributed by atoms with Crippen LogP contribution in [0.1, 0.15) is 52.4 Å². The molecular formula is C16H31NO3. The highest BCUT2D eigenvalue weighted by molar-refractivity contribution is 4.95. The van der Waals surface area contributed by atoms with Crippen molar-refractivity contribution in [3.63, 3.8) is 0 Å². The first-order valence-electron chi connectivity index (χ1n) is 8.37. The first-order chi connectivity index (χ1) is 9.80. The Morgan fingerprint density at radius 2 is 2.05 bits per heavy atom. The Labute approximate surface area is 123 Å². The first-order valence-corrected chi connectivity index (χ1v) is 8.37. The number of hydrogen-bond acceptors (Lipinski definition) is 4. The summed E-state index contributed by atoms with van der Waals surface area (Å²) in [6, 6.07) is 0.417. The fraction of sp³-hybridized carbons (Fsp3) is 1.00. The maximum Gasteiger partial charge on any atom is 0.0878 e. The predicted molar refractivity (Wildman–Crippen MR) is 80.1 cm³/mol. The van der Waals surface area contributed by atoms with Gasteiger partial charge in [-0.3, -0.25) is 0 Å². The zero-order valence-electron chi connectivity index (χ0n) is 13.2. The maximum absolute atomic E-state index is 6.22. The van der Waals surface area contributed by atoms with Gasteiger partial charge in [-0.05, 0) is 39.2 Å². The van der Waals surface area contributed by atoms with Crippen molar-refractivity contribution in [2.75, 3.05) is 33.0 Å². The van der Waals surface area contributed by atoms with Gasteiger partial charge in [0.2, 0.25) is 0 Å². The monoisotopic (exact) mass is 285 g/mol. The average Bonchev–Trinajstić information content (AvgIpc) is 2.98. The van der Waals surface area contributed by atoms with Crippen molar-refractivity contribution in [2.24, 2.45) is 0 Å². The Kier molecular flexibility index (Phi) is 6.75. The maximum atomic E-state index is 6.22. The summed E-state index contributed by atoms with van der Waals surface area (Å²) in [7, 11) is 0. The molecule has 0 aromatic carbocycles. The molecule has 118 valence electrons. The summed E-state index contributed by atoms with van der Waals surface area (Å²) in [5.74, 6) is 0. The van der Waals surface area contributed by atoms with E-state index >= 15 is 0 Å². The zero-order valence-corrected chi connectivity index (χ0v) is 13.2. The molecule has 2 aliphatic rings. The lowest BCUT2D eigenvalue weighted by Gasteiger charge is -2.43. The lowest BCUT2D eigenvalue weighted by Crippen LogP contribution is -2.55. The predicted octanol–water partition coefficient (Wildman–Crippen LogP) is 2.51. The largest absolute Gasteiger partial charge is 0.381 e. The summed E-state index contributed by atoms with van der Waals surface area (Å²) in [6.07, 6.45) is 7.21. The van der Waals surface area contributed by atoms with Crippen LogP contribution in [0.5, 0.6) is 0 Å². The van der Waals surface area contributed by atoms with Gasteiger partial charge < -0.3 is 19.5 Å². The Morgan fingerprint density at radius 3 is 2.65 bits per heavy atom. The molecule has 1 N–H and O–H groups in total. The Bertz CT molecular complexity index is 255. The van der Waals surface area contributed by atoms with E-state index in [4.69, 9.17) is 14.2 Å². The quantitative estimate of drug-likeness (QED) is 0.744. The molecular weight excluding hydrogens is 254 g/mol. The highest BCUT2D eigenvalue weighted by atomic mass is 16.5. The fourth-order valence-electron chi connectivity index (χ4n) is 3.62. The summed E-state index contributed by atoms with van der Waals surface area (Å²) >= 11 is 0. The molecule has 2 heterocycles. The van der Waals surface area contributed by atoms with Crippen LogP contribution >= 0.6 is 0 Å². The summed E-state index contributed by atoms with van der Waals surface area (Å²) < 4.78 is 17.5. The summed E-state index contributed by atoms with van der Waals surface area (Å²) in [5.41, 5.74) is -0.0401. The molecule has 20 heavy (non-hydrogen) atoms. The smallest absolute Gasteiger partial charge is 0.0878 e. The number of hydrogen-bond donors (Lipinski definition) is 1. The van der Waals surface area contributed by atoms with Crippen molar-refractivity contribution in [2.45, 2.75) is 70.1 Å². The zero-order chi connectivity index (χ0) is 14.3. The van der Waals surface area contributed by atoms with Crippen LogP contribution in [-0.2, 0) is 14.2 Å². The molecule has 0 aliphatic carbocycles. The van der Waals surface area contributed by atoms with E-state index in [9.17, 15) is 0 Å². The van der Waals surface area contributed by atoms with Crippen molar-refractivity contribution < 1.29 is 14.2 Å². The van der Waals surface area contributed by atoms with E-state index in [2.05, 4.69) is 19.2 Å². The van der Waals surface area contributed by atoms with E-state index < -0.39 is 0 Å². The van der Waals surface area contributed by atoms with Gasteiger partial charge >= 0.3 is 0 Å². The van der Waals surface area contributed by atoms with Crippen LogP contribution in [0.25, 0.3) is 0 Å². The van der Waals surface area contributed by atoms with E-state index in [-0.39, 0.29) is 5.60 Å². The van der Waals surface area contributed by atoms with Gasteiger partial charge in [0.25, 0.3) is 0 Å². The third-order valence-electron chi connectivity index (χ3n) is 4.66. The van der Waals surface area contributed by atoms with Crippen LogP contribution < -0.4 is 5.32 Å². The van der Waals surface area contributed by atoms with E-state index in [0.717, 1.165) is 58.7 Å². The highest BCUT2D eigenvalue weighted by Gasteiger charge is 2.40. The van der Waals surface area contributed by atoms with Gasteiger partial charge in [0.15, 0.2) is 0 Å². The Morgan fingerprint density at radius 1 is 1.25 bits per heavy atom. The van der Waals surface area contributed by atoms with Crippen molar-refractivity contribution >= 4 is 0 Å². The first kappa shape index (κ1) is 16.2. The molecule has 0 radical (unpaired) electrons. The Balaban J connectivity index is 1.95. The second kappa shape index (κ2) is 8.32. The normalized spacial score (nSPS) is 27.6. The molecule has 4 heteroatoms. The molecule has 2 atom stereocenters. The molecule has 0 amide bonds. The number of nitrogens with one attached hydrogen (secondary N) is 1. The summed E-state index contributed by atoms with van der Waals surface area (Å²) in [4.78, 5) is 0. The second-order valence-corrected chi connectivity index (χ2v) is 5.93. The SMILES string of the molecule is CCNC(CCC1CCCO1)C1(OCC)CCOCC1. The highest BCUT2D eigenvalue weighted by Crippen LogP contribution is 2.32. The second-order valence-electron chi connectivity index (χ2n) is 5.93. The van der Waals surface area contributed by atoms with Crippen LogP contribution in [0, 0.1) is 0 Å². The minimum absolute atomic E-state index is 0.0401. The van der Waals surface area contributed by atoms with Gasteiger partial charge in [-0.1, -0.05) is 6.92 Å². The van der Waals surface area contributed by atoms with Gasteiger partial charge in [0.05, 0.1) is 11.7 Å². The molecule has 0 aromatic heterocycles. The van der Waals surface area contributed by atoms with Crippen LogP contribution in [-0.4, -0.2) is 50.7 Å². The van der Waals surface area contributed by atoms with E-state index in [1.165, 1.54) is 12.8 Å². The third kappa shape index (κ3) is 4.17. The number of rotatable bonds is 8. The lowest BCUT2D eigenvalue weighted by atomic mass is 9.82. The third-order valence-corrected chi connectivity index (χ3v) is 4.66. The van der Waals surface area contributed by atoms with Gasteiger partial charge in [-0.15, -0.1) is 0 Å². The van der Waals surface area contributed by atoms with E-state index in [0.29, 0.717) is 12.1 Å². The minimum atomic E-state index is -0.0401. The molecule has 0 aromatic rings. The molecule has 2 unspecified atom stereocenters. The van der Waals surface area contributed by atoms with Gasteiger partial charge in [0.1, 0.15) is 0 Å². The van der Waals surface area contributed by atoms with Crippen LogP contribution in [0.4, 0.5) is 0 Å². The van der Waals surface area contributed by atoms with Crippen molar-refractivity contribution in [3.8, 4) is 0 Å². The Hall–Kier alpha value is -0.160. The summed E-state index contributed by atoms with van der Waals surface area (Å²) in [6.45, 7) is 8.64. The number of likely N-dealkylation sites (N-methyl/N-ethyl adjacent to an activating group) is 1. The number of ether oxygens (including phenoxy) is 3. The molecule has 2 aliphatic heterocycles. The molecule has 0 saturated carbocycles. The van der Waals surface area contributed by atoms with Crippen molar-refractivity contribution in [1.82, 2.24) is 5.32 Å². The van der Waals surface area contributed by atoms with Crippen LogP contribution in [0.2, 0.25) is 0 Å². The van der Waals surface area contributed by atoms with Gasteiger partial charge in [-0.25, -0.2) is 0 Å². The summed E-state index contributed by atoms with van der Waals surface area (Å²) in [5, 5.41) is 3.67. The van der Waals surface area contributed by atoms with E-state index in [1.54, 1.807) is 0 Å². The minimum Gasteiger partial charge on any atom is -0.381 e. The van der Waals surface area contributed by atoms with Gasteiger partial charge in [-0.2, -0.15) is 0 Å². The molecule has 0 bridgehead atoms. The molecule has 2 saturated heterocycles. The average molecular weight is 285 g/mol. The molecule has 2 fully saturated rings. The topological polar surface area (TPSA) is 39.7 Å². The lowest BCUT2D eigenvalue weighted by molar-refractivity contribution is -0.128. The van der Waals surface area contributed by atoms with E-state index in [1.807, 2.05) is 0 Å². The standard InChI is InChI=1S/C16H31NO3/c1-3-17-15(8-7-14-6-5-11-19-14)16(20-4-2)9-12-18-13-10-16/h14-15,17H,3-13H2,1-2H3. The van der Waals surface area contributed by atoms with Gasteiger partial charge in [0, 0.05) is 45.3 Å². The van der Waals surface area contributed by atoms with Crippen molar-refractivity contribution in [1.29, 1.82) is 0 Å². The van der Waals surface area contributed by atoms with Crippen LogP contribution in [0.15, 0.2) is 0 Å². The fourth-order valence-corrected chi connectivity index (χ4v) is 3.62. The molecule has 0 spiro atoms. The van der Waals surface area contributed by atoms with Crippen molar-refractivity contribution in [3.05, 3.63) is 0 Å².